The number of imide groups is 1. The number of hydrogen-bond acceptors (Lipinski definition) is 4. The van der Waals surface area contributed by atoms with Gasteiger partial charge in [0.2, 0.25) is 0 Å². The van der Waals surface area contributed by atoms with E-state index in [1.54, 1.807) is 13.0 Å². The molecule has 0 radical (unpaired) electrons. The number of carbonyl (C=O) groups is 2. The first-order valence-electron chi connectivity index (χ1n) is 9.97. The first-order valence-corrected chi connectivity index (χ1v) is 9.97. The molecule has 1 aliphatic rings. The lowest BCUT2D eigenvalue weighted by atomic mass is 9.90. The van der Waals surface area contributed by atoms with Gasteiger partial charge in [0.25, 0.3) is 5.91 Å². The number of urea groups is 1. The van der Waals surface area contributed by atoms with Crippen LogP contribution < -0.4 is 10.9 Å². The Hall–Kier alpha value is -3.41. The van der Waals surface area contributed by atoms with E-state index in [4.69, 9.17) is 4.42 Å². The molecular formula is C24H24N2O4. The molecule has 1 atom stereocenters. The standard InChI is InChI=1S/C24H24N2O4/c1-14(2)16-6-8-18(9-7-16)24(4)22(28)26(23(29)25-24)13-17-12-21(27)30-20-11-15(3)5-10-19(17)20/h5-12,14H,13H2,1-4H3,(H,25,29)/t24-/m0/s1. The van der Waals surface area contributed by atoms with Crippen LogP contribution in [-0.2, 0) is 16.9 Å². The zero-order chi connectivity index (χ0) is 21.6. The van der Waals surface area contributed by atoms with E-state index in [1.165, 1.54) is 6.07 Å². The maximum atomic E-state index is 13.3. The third-order valence-electron chi connectivity index (χ3n) is 5.74. The molecule has 2 heterocycles. The van der Waals surface area contributed by atoms with Gasteiger partial charge in [0.15, 0.2) is 0 Å². The van der Waals surface area contributed by atoms with E-state index >= 15 is 0 Å². The van der Waals surface area contributed by atoms with Crippen molar-refractivity contribution in [3.05, 3.63) is 81.2 Å². The first-order chi connectivity index (χ1) is 14.2. The minimum absolute atomic E-state index is 0.00447. The number of fused-ring (bicyclic) bond motifs is 1. The number of amides is 3. The highest BCUT2D eigenvalue weighted by molar-refractivity contribution is 6.07. The van der Waals surface area contributed by atoms with Crippen LogP contribution in [0.2, 0.25) is 0 Å². The van der Waals surface area contributed by atoms with Crippen molar-refractivity contribution in [2.24, 2.45) is 0 Å². The monoisotopic (exact) mass is 404 g/mol. The highest BCUT2D eigenvalue weighted by Gasteiger charge is 2.49. The van der Waals surface area contributed by atoms with Crippen molar-refractivity contribution in [2.75, 3.05) is 0 Å². The summed E-state index contributed by atoms with van der Waals surface area (Å²) in [6.07, 6.45) is 0. The number of rotatable bonds is 4. The summed E-state index contributed by atoms with van der Waals surface area (Å²) in [6.45, 7) is 7.81. The second kappa shape index (κ2) is 7.13. The molecule has 0 bridgehead atoms. The zero-order valence-electron chi connectivity index (χ0n) is 17.5. The molecule has 0 spiro atoms. The summed E-state index contributed by atoms with van der Waals surface area (Å²) in [6, 6.07) is 14.1. The molecule has 0 unspecified atom stereocenters. The van der Waals surface area contributed by atoms with E-state index in [1.807, 2.05) is 43.3 Å². The van der Waals surface area contributed by atoms with Gasteiger partial charge < -0.3 is 9.73 Å². The summed E-state index contributed by atoms with van der Waals surface area (Å²) < 4.78 is 5.28. The largest absolute Gasteiger partial charge is 0.423 e. The summed E-state index contributed by atoms with van der Waals surface area (Å²) >= 11 is 0. The topological polar surface area (TPSA) is 79.6 Å². The highest BCUT2D eigenvalue weighted by atomic mass is 16.4. The Morgan fingerprint density at radius 2 is 1.73 bits per heavy atom. The number of nitrogens with one attached hydrogen (secondary N) is 1. The van der Waals surface area contributed by atoms with Crippen molar-refractivity contribution in [3.8, 4) is 0 Å². The van der Waals surface area contributed by atoms with Gasteiger partial charge in [-0.2, -0.15) is 0 Å². The average molecular weight is 404 g/mol. The Morgan fingerprint density at radius 3 is 2.40 bits per heavy atom. The quantitative estimate of drug-likeness (QED) is 0.522. The summed E-state index contributed by atoms with van der Waals surface area (Å²) in [5.41, 5.74) is 2.19. The minimum Gasteiger partial charge on any atom is -0.423 e. The summed E-state index contributed by atoms with van der Waals surface area (Å²) in [4.78, 5) is 39.2. The molecule has 1 N–H and O–H groups in total. The molecule has 154 valence electrons. The molecule has 3 amide bonds. The lowest BCUT2D eigenvalue weighted by Crippen LogP contribution is -2.40. The van der Waals surface area contributed by atoms with E-state index in [9.17, 15) is 14.4 Å². The van der Waals surface area contributed by atoms with Crippen LogP contribution in [0, 0.1) is 6.92 Å². The van der Waals surface area contributed by atoms with Crippen LogP contribution in [0.4, 0.5) is 4.79 Å². The fraction of sp³-hybridized carbons (Fsp3) is 0.292. The Bertz CT molecular complexity index is 1210. The predicted molar refractivity (Wildman–Crippen MR) is 114 cm³/mol. The molecular weight excluding hydrogens is 380 g/mol. The molecule has 30 heavy (non-hydrogen) atoms. The molecule has 0 saturated carbocycles. The number of benzene rings is 2. The van der Waals surface area contributed by atoms with Gasteiger partial charge in [-0.1, -0.05) is 50.2 Å². The van der Waals surface area contributed by atoms with Crippen LogP contribution in [0.3, 0.4) is 0 Å². The van der Waals surface area contributed by atoms with Crippen molar-refractivity contribution in [1.29, 1.82) is 0 Å². The van der Waals surface area contributed by atoms with E-state index in [-0.39, 0.29) is 12.5 Å². The van der Waals surface area contributed by atoms with Gasteiger partial charge in [0, 0.05) is 11.5 Å². The van der Waals surface area contributed by atoms with Crippen LogP contribution in [-0.4, -0.2) is 16.8 Å². The van der Waals surface area contributed by atoms with Gasteiger partial charge in [-0.25, -0.2) is 9.59 Å². The molecule has 6 nitrogen and oxygen atoms in total. The van der Waals surface area contributed by atoms with Gasteiger partial charge in [-0.15, -0.1) is 0 Å². The average Bonchev–Trinajstić information content (AvgIpc) is 2.91. The van der Waals surface area contributed by atoms with Crippen molar-refractivity contribution in [1.82, 2.24) is 10.2 Å². The van der Waals surface area contributed by atoms with Crippen LogP contribution in [0.5, 0.6) is 0 Å². The lowest BCUT2D eigenvalue weighted by Gasteiger charge is -2.23. The smallest absolute Gasteiger partial charge is 0.336 e. The minimum atomic E-state index is -1.15. The van der Waals surface area contributed by atoms with Gasteiger partial charge >= 0.3 is 11.7 Å². The number of hydrogen-bond donors (Lipinski definition) is 1. The maximum absolute atomic E-state index is 13.3. The van der Waals surface area contributed by atoms with Crippen molar-refractivity contribution in [3.63, 3.8) is 0 Å². The zero-order valence-corrected chi connectivity index (χ0v) is 17.5. The number of carbonyl (C=O) groups excluding carboxylic acids is 2. The van der Waals surface area contributed by atoms with Crippen LogP contribution in [0.15, 0.2) is 57.7 Å². The highest BCUT2D eigenvalue weighted by Crippen LogP contribution is 2.31. The Labute approximate surface area is 174 Å². The molecule has 3 aromatic rings. The van der Waals surface area contributed by atoms with Gasteiger partial charge in [-0.05, 0) is 48.1 Å². The summed E-state index contributed by atoms with van der Waals surface area (Å²) in [5, 5.41) is 3.53. The number of nitrogens with zero attached hydrogens (tertiary/aromatic N) is 1. The molecule has 0 aliphatic carbocycles. The Morgan fingerprint density at radius 1 is 1.03 bits per heavy atom. The van der Waals surface area contributed by atoms with Gasteiger partial charge in [0.05, 0.1) is 6.54 Å². The first kappa shape index (κ1) is 19.9. The fourth-order valence-corrected chi connectivity index (χ4v) is 3.88. The summed E-state index contributed by atoms with van der Waals surface area (Å²) in [5.74, 6) is 0.0252. The van der Waals surface area contributed by atoms with Crippen LogP contribution >= 0.6 is 0 Å². The third kappa shape index (κ3) is 3.28. The molecule has 1 saturated heterocycles. The van der Waals surface area contributed by atoms with Crippen LogP contribution in [0.1, 0.15) is 48.9 Å². The normalized spacial score (nSPS) is 19.0. The Balaban J connectivity index is 1.68. The second-order valence-corrected chi connectivity index (χ2v) is 8.31. The van der Waals surface area contributed by atoms with E-state index in [2.05, 4.69) is 19.2 Å². The molecule has 1 aliphatic heterocycles. The SMILES string of the molecule is Cc1ccc2c(CN3C(=O)N[C@@](C)(c4ccc(C(C)C)cc4)C3=O)cc(=O)oc2c1. The lowest BCUT2D eigenvalue weighted by molar-refractivity contribution is -0.131. The van der Waals surface area contributed by atoms with Crippen molar-refractivity contribution >= 4 is 22.9 Å². The van der Waals surface area contributed by atoms with E-state index in [0.29, 0.717) is 22.5 Å². The maximum Gasteiger partial charge on any atom is 0.336 e. The summed E-state index contributed by atoms with van der Waals surface area (Å²) in [7, 11) is 0. The third-order valence-corrected chi connectivity index (χ3v) is 5.74. The Kier molecular flexibility index (Phi) is 4.73. The van der Waals surface area contributed by atoms with E-state index in [0.717, 1.165) is 21.6 Å². The van der Waals surface area contributed by atoms with Gasteiger partial charge in [-0.3, -0.25) is 9.69 Å². The second-order valence-electron chi connectivity index (χ2n) is 8.31. The number of aryl methyl sites for hydroxylation is 1. The van der Waals surface area contributed by atoms with Crippen molar-refractivity contribution < 1.29 is 14.0 Å². The molecule has 6 heteroatoms. The van der Waals surface area contributed by atoms with Gasteiger partial charge in [0.1, 0.15) is 11.1 Å². The molecule has 4 rings (SSSR count). The fourth-order valence-electron chi connectivity index (χ4n) is 3.88. The predicted octanol–water partition coefficient (Wildman–Crippen LogP) is 4.19. The molecule has 1 aromatic heterocycles. The van der Waals surface area contributed by atoms with E-state index < -0.39 is 17.2 Å². The van der Waals surface area contributed by atoms with Crippen molar-refractivity contribution in [2.45, 2.75) is 45.7 Å². The molecule has 1 fully saturated rings. The molecule has 2 aromatic carbocycles. The van der Waals surface area contributed by atoms with Crippen LogP contribution in [0.25, 0.3) is 11.0 Å².